The molecule has 0 bridgehead atoms. The Morgan fingerprint density at radius 2 is 1.61 bits per heavy atom. The van der Waals surface area contributed by atoms with E-state index in [2.05, 4.69) is 24.4 Å². The first kappa shape index (κ1) is 22.3. The quantitative estimate of drug-likeness (QED) is 0.610. The maximum absolute atomic E-state index is 12.8. The Hall–Kier alpha value is -3.41. The van der Waals surface area contributed by atoms with Crippen molar-refractivity contribution < 1.29 is 4.79 Å². The molecule has 1 unspecified atom stereocenters. The van der Waals surface area contributed by atoms with E-state index in [0.29, 0.717) is 6.54 Å². The number of nitrogens with one attached hydrogen (secondary N) is 1. The minimum absolute atomic E-state index is 0.152. The molecule has 2 aromatic carbocycles. The highest BCUT2D eigenvalue weighted by Crippen LogP contribution is 2.22. The highest BCUT2D eigenvalue weighted by Gasteiger charge is 2.19. The lowest BCUT2D eigenvalue weighted by Crippen LogP contribution is -2.44. The third kappa shape index (κ3) is 5.60. The molecule has 0 spiro atoms. The topological polar surface area (TPSA) is 73.1 Å². The summed E-state index contributed by atoms with van der Waals surface area (Å²) >= 11 is 0. The summed E-state index contributed by atoms with van der Waals surface area (Å²) < 4.78 is 2.42. The van der Waals surface area contributed by atoms with E-state index in [4.69, 9.17) is 0 Å². The Balaban J connectivity index is 1.79. The molecule has 1 amide bonds. The molecule has 0 fully saturated rings. The number of carbonyl (C=O) groups excluding carboxylic acids is 1. The first-order chi connectivity index (χ1) is 14.9. The summed E-state index contributed by atoms with van der Waals surface area (Å²) in [5.74, 6) is -0.214. The number of hydrogen-bond donors (Lipinski definition) is 1. The van der Waals surface area contributed by atoms with Crippen molar-refractivity contribution in [1.82, 2.24) is 14.5 Å². The van der Waals surface area contributed by atoms with Gasteiger partial charge in [-0.25, -0.2) is 4.79 Å². The van der Waals surface area contributed by atoms with Crippen LogP contribution in [0.2, 0.25) is 0 Å². The molecule has 162 valence electrons. The standard InChI is InChI=1S/C25H29N3O3/c1-4-19-10-12-21(13-11-19)24(18(2)3)26-22(29)17-28-23(30)14-15-27(25(28)31)16-20-8-6-5-7-9-20/h5-15,18,24H,4,16-17H2,1-3H3,(H,26,29). The van der Waals surface area contributed by atoms with Gasteiger partial charge >= 0.3 is 5.69 Å². The van der Waals surface area contributed by atoms with Gasteiger partial charge in [-0.05, 0) is 29.0 Å². The monoisotopic (exact) mass is 419 g/mol. The van der Waals surface area contributed by atoms with Crippen LogP contribution in [0.5, 0.6) is 0 Å². The van der Waals surface area contributed by atoms with E-state index in [-0.39, 0.29) is 24.4 Å². The molecule has 1 heterocycles. The van der Waals surface area contributed by atoms with Gasteiger partial charge in [0, 0.05) is 12.3 Å². The van der Waals surface area contributed by atoms with Gasteiger partial charge in [0.15, 0.2) is 0 Å². The third-order valence-electron chi connectivity index (χ3n) is 5.37. The molecule has 0 aliphatic heterocycles. The van der Waals surface area contributed by atoms with E-state index >= 15 is 0 Å². The van der Waals surface area contributed by atoms with Gasteiger partial charge in [-0.3, -0.25) is 18.7 Å². The fraction of sp³-hybridized carbons (Fsp3) is 0.320. The summed E-state index contributed by atoms with van der Waals surface area (Å²) in [6.45, 7) is 6.17. The molecule has 3 rings (SSSR count). The minimum Gasteiger partial charge on any atom is -0.347 e. The van der Waals surface area contributed by atoms with Gasteiger partial charge in [-0.2, -0.15) is 0 Å². The molecule has 3 aromatic rings. The van der Waals surface area contributed by atoms with E-state index in [9.17, 15) is 14.4 Å². The SMILES string of the molecule is CCc1ccc(C(NC(=O)Cn2c(=O)ccn(Cc3ccccc3)c2=O)C(C)C)cc1. The third-order valence-corrected chi connectivity index (χ3v) is 5.37. The van der Waals surface area contributed by atoms with Crippen molar-refractivity contribution in [2.75, 3.05) is 0 Å². The first-order valence-electron chi connectivity index (χ1n) is 10.6. The van der Waals surface area contributed by atoms with Crippen LogP contribution in [0.4, 0.5) is 0 Å². The Kier molecular flexibility index (Phi) is 7.23. The van der Waals surface area contributed by atoms with E-state index in [1.165, 1.54) is 22.4 Å². The number of hydrogen-bond acceptors (Lipinski definition) is 3. The Bertz CT molecular complexity index is 1130. The fourth-order valence-corrected chi connectivity index (χ4v) is 3.56. The summed E-state index contributed by atoms with van der Waals surface area (Å²) in [5.41, 5.74) is 2.18. The average molecular weight is 420 g/mol. The molecule has 6 nitrogen and oxygen atoms in total. The normalized spacial score (nSPS) is 12.0. The van der Waals surface area contributed by atoms with Crippen LogP contribution in [0, 0.1) is 5.92 Å². The first-order valence-corrected chi connectivity index (χ1v) is 10.6. The average Bonchev–Trinajstić information content (AvgIpc) is 2.77. The minimum atomic E-state index is -0.500. The van der Waals surface area contributed by atoms with Crippen LogP contribution >= 0.6 is 0 Å². The molecule has 31 heavy (non-hydrogen) atoms. The number of benzene rings is 2. The van der Waals surface area contributed by atoms with Gasteiger partial charge in [0.05, 0.1) is 12.6 Å². The van der Waals surface area contributed by atoms with Crippen LogP contribution in [0.3, 0.4) is 0 Å². The lowest BCUT2D eigenvalue weighted by Gasteiger charge is -2.23. The molecule has 0 saturated heterocycles. The number of carbonyl (C=O) groups is 1. The Labute approximate surface area is 182 Å². The highest BCUT2D eigenvalue weighted by molar-refractivity contribution is 5.76. The molecule has 0 saturated carbocycles. The molecule has 1 aromatic heterocycles. The summed E-state index contributed by atoms with van der Waals surface area (Å²) in [6, 6.07) is 18.8. The van der Waals surface area contributed by atoms with Crippen LogP contribution in [0.1, 0.15) is 43.5 Å². The van der Waals surface area contributed by atoms with Crippen molar-refractivity contribution in [2.45, 2.75) is 46.3 Å². The highest BCUT2D eigenvalue weighted by atomic mass is 16.2. The zero-order valence-electron chi connectivity index (χ0n) is 18.2. The molecule has 0 aliphatic rings. The molecule has 6 heteroatoms. The largest absolute Gasteiger partial charge is 0.347 e. The molecule has 0 radical (unpaired) electrons. The molecular formula is C25H29N3O3. The van der Waals surface area contributed by atoms with Gasteiger partial charge in [-0.1, -0.05) is 75.4 Å². The van der Waals surface area contributed by atoms with Crippen molar-refractivity contribution in [3.63, 3.8) is 0 Å². The number of amides is 1. The van der Waals surface area contributed by atoms with Crippen molar-refractivity contribution >= 4 is 5.91 Å². The van der Waals surface area contributed by atoms with Crippen LogP contribution in [0.15, 0.2) is 76.4 Å². The predicted octanol–water partition coefficient (Wildman–Crippen LogP) is 3.13. The van der Waals surface area contributed by atoms with Crippen molar-refractivity contribution in [2.24, 2.45) is 5.92 Å². The lowest BCUT2D eigenvalue weighted by molar-refractivity contribution is -0.122. The van der Waals surface area contributed by atoms with Crippen molar-refractivity contribution in [3.8, 4) is 0 Å². The van der Waals surface area contributed by atoms with Gasteiger partial charge < -0.3 is 5.32 Å². The molecule has 1 N–H and O–H groups in total. The summed E-state index contributed by atoms with van der Waals surface area (Å²) in [6.07, 6.45) is 2.42. The van der Waals surface area contributed by atoms with Gasteiger partial charge in [0.1, 0.15) is 6.54 Å². The van der Waals surface area contributed by atoms with E-state index in [1.807, 2.05) is 56.3 Å². The summed E-state index contributed by atoms with van der Waals surface area (Å²) in [4.78, 5) is 37.9. The van der Waals surface area contributed by atoms with Gasteiger partial charge in [-0.15, -0.1) is 0 Å². The smallest absolute Gasteiger partial charge is 0.331 e. The zero-order chi connectivity index (χ0) is 22.4. The van der Waals surface area contributed by atoms with Crippen molar-refractivity contribution in [1.29, 1.82) is 0 Å². The second-order valence-corrected chi connectivity index (χ2v) is 8.02. The second-order valence-electron chi connectivity index (χ2n) is 8.02. The van der Waals surface area contributed by atoms with E-state index < -0.39 is 11.2 Å². The van der Waals surface area contributed by atoms with Crippen LogP contribution < -0.4 is 16.6 Å². The second kappa shape index (κ2) is 10.1. The Morgan fingerprint density at radius 3 is 2.23 bits per heavy atom. The molecule has 1 atom stereocenters. The lowest BCUT2D eigenvalue weighted by atomic mass is 9.95. The predicted molar refractivity (Wildman–Crippen MR) is 122 cm³/mol. The number of rotatable bonds is 8. The summed E-state index contributed by atoms with van der Waals surface area (Å²) in [7, 11) is 0. The number of nitrogens with zero attached hydrogens (tertiary/aromatic N) is 2. The maximum Gasteiger partial charge on any atom is 0.331 e. The van der Waals surface area contributed by atoms with Crippen LogP contribution in [-0.4, -0.2) is 15.0 Å². The van der Waals surface area contributed by atoms with Crippen LogP contribution in [0.25, 0.3) is 0 Å². The number of aromatic nitrogens is 2. The summed E-state index contributed by atoms with van der Waals surface area (Å²) in [5, 5.41) is 3.00. The molecule has 0 aliphatic carbocycles. The van der Waals surface area contributed by atoms with E-state index in [0.717, 1.165) is 22.1 Å². The van der Waals surface area contributed by atoms with E-state index in [1.54, 1.807) is 0 Å². The zero-order valence-corrected chi connectivity index (χ0v) is 18.2. The maximum atomic E-state index is 12.8. The van der Waals surface area contributed by atoms with Gasteiger partial charge in [0.25, 0.3) is 5.56 Å². The molecular weight excluding hydrogens is 390 g/mol. The van der Waals surface area contributed by atoms with Crippen molar-refractivity contribution in [3.05, 3.63) is 104 Å². The fourth-order valence-electron chi connectivity index (χ4n) is 3.56. The Morgan fingerprint density at radius 1 is 0.935 bits per heavy atom. The number of aryl methyl sites for hydroxylation is 1. The van der Waals surface area contributed by atoms with Crippen LogP contribution in [-0.2, 0) is 24.3 Å². The van der Waals surface area contributed by atoms with Gasteiger partial charge in [0.2, 0.25) is 5.91 Å².